The summed E-state index contributed by atoms with van der Waals surface area (Å²) in [7, 11) is 0. The first-order valence-corrected chi connectivity index (χ1v) is 6.28. The molecule has 1 aliphatic heterocycles. The van der Waals surface area contributed by atoms with Crippen molar-refractivity contribution < 1.29 is 9.26 Å². The molecule has 1 atom stereocenters. The zero-order chi connectivity index (χ0) is 12.3. The van der Waals surface area contributed by atoms with Gasteiger partial charge in [-0.05, 0) is 32.2 Å². The third-order valence-corrected chi connectivity index (χ3v) is 2.99. The minimum absolute atomic E-state index is 0.347. The van der Waals surface area contributed by atoms with E-state index in [9.17, 15) is 0 Å². The summed E-state index contributed by atoms with van der Waals surface area (Å²) in [4.78, 5) is 4.40. The first-order valence-electron chi connectivity index (χ1n) is 6.28. The highest BCUT2D eigenvalue weighted by atomic mass is 16.5. The van der Waals surface area contributed by atoms with Gasteiger partial charge in [-0.3, -0.25) is 0 Å². The lowest BCUT2D eigenvalue weighted by Crippen LogP contribution is -2.22. The van der Waals surface area contributed by atoms with E-state index in [1.807, 2.05) is 6.92 Å². The van der Waals surface area contributed by atoms with Crippen molar-refractivity contribution in [2.45, 2.75) is 45.8 Å². The van der Waals surface area contributed by atoms with Crippen LogP contribution in [0.25, 0.3) is 0 Å². The molecule has 0 bridgehead atoms. The summed E-state index contributed by atoms with van der Waals surface area (Å²) >= 11 is 0. The highest BCUT2D eigenvalue weighted by Gasteiger charge is 2.36. The van der Waals surface area contributed by atoms with Crippen molar-refractivity contribution in [3.63, 3.8) is 0 Å². The van der Waals surface area contributed by atoms with Gasteiger partial charge in [-0.2, -0.15) is 4.98 Å². The minimum Gasteiger partial charge on any atom is -0.367 e. The Morgan fingerprint density at radius 2 is 2.29 bits per heavy atom. The molecule has 1 unspecified atom stereocenters. The number of nitrogens with one attached hydrogen (secondary N) is 1. The van der Waals surface area contributed by atoms with E-state index < -0.39 is 0 Å². The van der Waals surface area contributed by atoms with Gasteiger partial charge in [0.1, 0.15) is 5.60 Å². The zero-order valence-electron chi connectivity index (χ0n) is 10.8. The molecule has 1 aromatic heterocycles. The highest BCUT2D eigenvalue weighted by molar-refractivity contribution is 5.01. The molecule has 5 nitrogen and oxygen atoms in total. The minimum atomic E-state index is -0.347. The van der Waals surface area contributed by atoms with Gasteiger partial charge in [0.15, 0.2) is 0 Å². The summed E-state index contributed by atoms with van der Waals surface area (Å²) in [6.45, 7) is 8.72. The van der Waals surface area contributed by atoms with Crippen LogP contribution in [0.1, 0.15) is 45.3 Å². The van der Waals surface area contributed by atoms with E-state index in [2.05, 4.69) is 29.3 Å². The van der Waals surface area contributed by atoms with Crippen molar-refractivity contribution in [2.75, 3.05) is 13.2 Å². The largest absolute Gasteiger partial charge is 0.367 e. The highest BCUT2D eigenvalue weighted by Crippen LogP contribution is 2.33. The molecule has 0 amide bonds. The van der Waals surface area contributed by atoms with Gasteiger partial charge < -0.3 is 14.6 Å². The van der Waals surface area contributed by atoms with Crippen LogP contribution >= 0.6 is 0 Å². The van der Waals surface area contributed by atoms with Crippen molar-refractivity contribution >= 4 is 0 Å². The first kappa shape index (κ1) is 12.5. The summed E-state index contributed by atoms with van der Waals surface area (Å²) in [6, 6.07) is 0. The molecule has 0 saturated carbocycles. The quantitative estimate of drug-likeness (QED) is 0.849. The molecule has 1 aliphatic rings. The topological polar surface area (TPSA) is 60.2 Å². The van der Waals surface area contributed by atoms with E-state index >= 15 is 0 Å². The number of ether oxygens (including phenoxy) is 1. The van der Waals surface area contributed by atoms with Crippen LogP contribution in [-0.4, -0.2) is 23.3 Å². The standard InChI is InChI=1S/C12H21N3O2/c1-9(2)7-13-8-10-14-11(15-17-10)12(3)5-4-6-16-12/h9,13H,4-8H2,1-3H3. The molecule has 1 fully saturated rings. The maximum atomic E-state index is 5.68. The average molecular weight is 239 g/mol. The second-order valence-corrected chi connectivity index (χ2v) is 5.22. The van der Waals surface area contributed by atoms with E-state index in [4.69, 9.17) is 9.26 Å². The van der Waals surface area contributed by atoms with Gasteiger partial charge in [0.2, 0.25) is 11.7 Å². The molecule has 0 spiro atoms. The van der Waals surface area contributed by atoms with Gasteiger partial charge in [-0.15, -0.1) is 0 Å². The van der Waals surface area contributed by atoms with Crippen molar-refractivity contribution in [2.24, 2.45) is 5.92 Å². The number of hydrogen-bond donors (Lipinski definition) is 1. The molecule has 0 aromatic carbocycles. The maximum absolute atomic E-state index is 5.68. The van der Waals surface area contributed by atoms with Crippen LogP contribution in [0.5, 0.6) is 0 Å². The normalized spacial score (nSPS) is 24.7. The Kier molecular flexibility index (Phi) is 3.79. The van der Waals surface area contributed by atoms with Crippen LogP contribution in [0.4, 0.5) is 0 Å². The predicted octanol–water partition coefficient (Wildman–Crippen LogP) is 1.84. The fourth-order valence-electron chi connectivity index (χ4n) is 1.96. The second-order valence-electron chi connectivity index (χ2n) is 5.22. The third-order valence-electron chi connectivity index (χ3n) is 2.99. The molecule has 1 saturated heterocycles. The van der Waals surface area contributed by atoms with Crippen LogP contribution in [0, 0.1) is 5.92 Å². The predicted molar refractivity (Wildman–Crippen MR) is 63.4 cm³/mol. The van der Waals surface area contributed by atoms with E-state index in [1.54, 1.807) is 0 Å². The molecule has 1 aromatic rings. The Labute approximate surface area is 102 Å². The smallest absolute Gasteiger partial charge is 0.240 e. The van der Waals surface area contributed by atoms with E-state index in [0.717, 1.165) is 26.0 Å². The van der Waals surface area contributed by atoms with Crippen molar-refractivity contribution in [1.82, 2.24) is 15.5 Å². The van der Waals surface area contributed by atoms with E-state index in [1.165, 1.54) is 0 Å². The number of aromatic nitrogens is 2. The number of hydrogen-bond acceptors (Lipinski definition) is 5. The van der Waals surface area contributed by atoms with Gasteiger partial charge in [-0.1, -0.05) is 19.0 Å². The molecule has 2 rings (SSSR count). The maximum Gasteiger partial charge on any atom is 0.240 e. The molecule has 0 radical (unpaired) electrons. The molecule has 17 heavy (non-hydrogen) atoms. The Morgan fingerprint density at radius 1 is 1.47 bits per heavy atom. The molecule has 1 N–H and O–H groups in total. The van der Waals surface area contributed by atoms with Crippen LogP contribution in [-0.2, 0) is 16.9 Å². The monoisotopic (exact) mass is 239 g/mol. The summed E-state index contributed by atoms with van der Waals surface area (Å²) in [5.74, 6) is 1.93. The van der Waals surface area contributed by atoms with Crippen LogP contribution < -0.4 is 5.32 Å². The zero-order valence-corrected chi connectivity index (χ0v) is 10.8. The van der Waals surface area contributed by atoms with Gasteiger partial charge in [-0.25, -0.2) is 0 Å². The summed E-state index contributed by atoms with van der Waals surface area (Å²) in [5.41, 5.74) is -0.347. The molecule has 0 aliphatic carbocycles. The summed E-state index contributed by atoms with van der Waals surface area (Å²) < 4.78 is 10.9. The van der Waals surface area contributed by atoms with Crippen LogP contribution in [0.3, 0.4) is 0 Å². The van der Waals surface area contributed by atoms with E-state index in [0.29, 0.717) is 24.2 Å². The molecular formula is C12H21N3O2. The molecular weight excluding hydrogens is 218 g/mol. The Morgan fingerprint density at radius 3 is 2.94 bits per heavy atom. The fraction of sp³-hybridized carbons (Fsp3) is 0.833. The second kappa shape index (κ2) is 5.14. The Bertz CT molecular complexity index is 356. The molecule has 2 heterocycles. The van der Waals surface area contributed by atoms with Crippen molar-refractivity contribution in [3.8, 4) is 0 Å². The first-order chi connectivity index (χ1) is 8.10. The van der Waals surface area contributed by atoms with Gasteiger partial charge in [0, 0.05) is 6.61 Å². The fourth-order valence-corrected chi connectivity index (χ4v) is 1.96. The SMILES string of the molecule is CC(C)CNCc1nc(C2(C)CCCO2)no1. The van der Waals surface area contributed by atoms with Crippen molar-refractivity contribution in [1.29, 1.82) is 0 Å². The van der Waals surface area contributed by atoms with E-state index in [-0.39, 0.29) is 5.60 Å². The lowest BCUT2D eigenvalue weighted by Gasteiger charge is -2.17. The molecule has 96 valence electrons. The third kappa shape index (κ3) is 3.04. The van der Waals surface area contributed by atoms with Gasteiger partial charge in [0.05, 0.1) is 6.54 Å². The van der Waals surface area contributed by atoms with Gasteiger partial charge >= 0.3 is 0 Å². The summed E-state index contributed by atoms with van der Waals surface area (Å²) in [5, 5.41) is 7.30. The molecule has 5 heteroatoms. The van der Waals surface area contributed by atoms with Gasteiger partial charge in [0.25, 0.3) is 0 Å². The number of rotatable bonds is 5. The van der Waals surface area contributed by atoms with Crippen LogP contribution in [0.15, 0.2) is 4.52 Å². The Balaban J connectivity index is 1.91. The van der Waals surface area contributed by atoms with Crippen molar-refractivity contribution in [3.05, 3.63) is 11.7 Å². The summed E-state index contributed by atoms with van der Waals surface area (Å²) in [6.07, 6.45) is 2.03. The average Bonchev–Trinajstić information content (AvgIpc) is 2.87. The number of nitrogens with zero attached hydrogens (tertiary/aromatic N) is 2. The Hall–Kier alpha value is -0.940. The van der Waals surface area contributed by atoms with Crippen LogP contribution in [0.2, 0.25) is 0 Å². The lowest BCUT2D eigenvalue weighted by atomic mass is 10.0. The lowest BCUT2D eigenvalue weighted by molar-refractivity contribution is 0.00768.